The van der Waals surface area contributed by atoms with Gasteiger partial charge in [-0.25, -0.2) is 0 Å². The molecule has 2 aromatic carbocycles. The Morgan fingerprint density at radius 2 is 1.57 bits per heavy atom. The number of hydrogen-bond acceptors (Lipinski definition) is 4. The Labute approximate surface area is 135 Å². The van der Waals surface area contributed by atoms with Gasteiger partial charge in [0.15, 0.2) is 0 Å². The van der Waals surface area contributed by atoms with E-state index in [0.29, 0.717) is 11.4 Å². The molecule has 0 unspecified atom stereocenters. The molecule has 0 aliphatic rings. The molecule has 0 radical (unpaired) electrons. The summed E-state index contributed by atoms with van der Waals surface area (Å²) in [7, 11) is -3.74. The van der Waals surface area contributed by atoms with Crippen molar-refractivity contribution in [1.82, 2.24) is 9.19 Å². The summed E-state index contributed by atoms with van der Waals surface area (Å²) < 4.78 is 32.3. The lowest BCUT2D eigenvalue weighted by atomic mass is 10.3. The zero-order valence-corrected chi connectivity index (χ0v) is 13.3. The summed E-state index contributed by atoms with van der Waals surface area (Å²) in [5.74, 6) is 0.671. The highest BCUT2D eigenvalue weighted by atomic mass is 32.2. The molecule has 118 valence electrons. The van der Waals surface area contributed by atoms with Crippen molar-refractivity contribution in [3.63, 3.8) is 0 Å². The Bertz CT molecular complexity index is 874. The predicted molar refractivity (Wildman–Crippen MR) is 86.7 cm³/mol. The number of rotatable bonds is 5. The van der Waals surface area contributed by atoms with Crippen molar-refractivity contribution in [3.05, 3.63) is 78.6 Å². The van der Waals surface area contributed by atoms with E-state index in [4.69, 9.17) is 4.74 Å². The van der Waals surface area contributed by atoms with Crippen LogP contribution in [0.5, 0.6) is 5.75 Å². The SMILES string of the molecule is C[C@@H](Oc1ccccc1)c1ccnn1S(=O)(=O)c1ccccc1. The molecule has 0 fully saturated rings. The van der Waals surface area contributed by atoms with Crippen LogP contribution in [-0.4, -0.2) is 17.6 Å². The fourth-order valence-corrected chi connectivity index (χ4v) is 3.61. The van der Waals surface area contributed by atoms with Crippen LogP contribution < -0.4 is 4.74 Å². The average Bonchev–Trinajstić information content (AvgIpc) is 3.07. The van der Waals surface area contributed by atoms with Crippen molar-refractivity contribution in [1.29, 1.82) is 0 Å². The highest BCUT2D eigenvalue weighted by molar-refractivity contribution is 7.89. The fourth-order valence-electron chi connectivity index (χ4n) is 2.25. The topological polar surface area (TPSA) is 61.2 Å². The van der Waals surface area contributed by atoms with Gasteiger partial charge in [0, 0.05) is 0 Å². The molecule has 5 nitrogen and oxygen atoms in total. The number of nitrogens with zero attached hydrogens (tertiary/aromatic N) is 2. The third-order valence-electron chi connectivity index (χ3n) is 3.38. The molecule has 0 N–H and O–H groups in total. The van der Waals surface area contributed by atoms with Crippen LogP contribution in [0.4, 0.5) is 0 Å². The third-order valence-corrected chi connectivity index (χ3v) is 5.01. The first-order valence-corrected chi connectivity index (χ1v) is 8.59. The van der Waals surface area contributed by atoms with Gasteiger partial charge in [0.1, 0.15) is 11.9 Å². The minimum Gasteiger partial charge on any atom is -0.484 e. The second-order valence-electron chi connectivity index (χ2n) is 4.99. The Morgan fingerprint density at radius 1 is 0.957 bits per heavy atom. The first-order chi connectivity index (χ1) is 11.1. The van der Waals surface area contributed by atoms with E-state index in [1.165, 1.54) is 6.20 Å². The maximum absolute atomic E-state index is 12.7. The van der Waals surface area contributed by atoms with Crippen molar-refractivity contribution in [2.24, 2.45) is 0 Å². The number of benzene rings is 2. The standard InChI is InChI=1S/C17H16N2O3S/c1-14(22-15-8-4-2-5-9-15)17-12-13-18-19(17)23(20,21)16-10-6-3-7-11-16/h2-14H,1H3/t14-/m1/s1. The second-order valence-corrected chi connectivity index (χ2v) is 6.76. The van der Waals surface area contributed by atoms with E-state index in [1.807, 2.05) is 30.3 Å². The Hall–Kier alpha value is -2.60. The van der Waals surface area contributed by atoms with Crippen LogP contribution in [0.25, 0.3) is 0 Å². The average molecular weight is 328 g/mol. The van der Waals surface area contributed by atoms with Gasteiger partial charge in [0.05, 0.1) is 16.8 Å². The van der Waals surface area contributed by atoms with Crippen molar-refractivity contribution in [2.75, 3.05) is 0 Å². The summed E-state index contributed by atoms with van der Waals surface area (Å²) in [6, 6.07) is 19.1. The normalized spacial score (nSPS) is 12.7. The molecule has 23 heavy (non-hydrogen) atoms. The van der Waals surface area contributed by atoms with Crippen LogP contribution in [0.2, 0.25) is 0 Å². The highest BCUT2D eigenvalue weighted by Gasteiger charge is 2.24. The van der Waals surface area contributed by atoms with Crippen LogP contribution in [0.3, 0.4) is 0 Å². The van der Waals surface area contributed by atoms with E-state index in [0.717, 1.165) is 4.09 Å². The molecule has 0 spiro atoms. The van der Waals surface area contributed by atoms with Gasteiger partial charge in [-0.05, 0) is 37.3 Å². The van der Waals surface area contributed by atoms with Crippen LogP contribution in [0.1, 0.15) is 18.7 Å². The second kappa shape index (κ2) is 6.26. The van der Waals surface area contributed by atoms with Crippen LogP contribution in [0.15, 0.2) is 77.8 Å². The van der Waals surface area contributed by atoms with Crippen molar-refractivity contribution in [3.8, 4) is 5.75 Å². The maximum Gasteiger partial charge on any atom is 0.283 e. The summed E-state index contributed by atoms with van der Waals surface area (Å²) in [5, 5.41) is 3.98. The van der Waals surface area contributed by atoms with Gasteiger partial charge in [-0.1, -0.05) is 36.4 Å². The molecule has 0 aliphatic heterocycles. The van der Waals surface area contributed by atoms with E-state index < -0.39 is 16.1 Å². The zero-order valence-electron chi connectivity index (χ0n) is 12.5. The molecule has 0 saturated carbocycles. The van der Waals surface area contributed by atoms with Gasteiger partial charge in [0.2, 0.25) is 0 Å². The van der Waals surface area contributed by atoms with Crippen molar-refractivity contribution in [2.45, 2.75) is 17.9 Å². The molecule has 0 aliphatic carbocycles. The number of aromatic nitrogens is 2. The minimum absolute atomic E-state index is 0.192. The summed E-state index contributed by atoms with van der Waals surface area (Å²) in [6.45, 7) is 1.79. The Balaban J connectivity index is 1.94. The van der Waals surface area contributed by atoms with Crippen molar-refractivity contribution >= 4 is 10.0 Å². The molecule has 0 amide bonds. The fraction of sp³-hybridized carbons (Fsp3) is 0.118. The van der Waals surface area contributed by atoms with E-state index in [-0.39, 0.29) is 4.90 Å². The molecular weight excluding hydrogens is 312 g/mol. The molecular formula is C17H16N2O3S. The van der Waals surface area contributed by atoms with E-state index in [9.17, 15) is 8.42 Å². The zero-order chi connectivity index (χ0) is 16.3. The lowest BCUT2D eigenvalue weighted by Crippen LogP contribution is -2.20. The van der Waals surface area contributed by atoms with Crippen LogP contribution in [-0.2, 0) is 10.0 Å². The molecule has 6 heteroatoms. The number of para-hydroxylation sites is 1. The van der Waals surface area contributed by atoms with Gasteiger partial charge in [-0.15, -0.1) is 0 Å². The minimum atomic E-state index is -3.74. The summed E-state index contributed by atoms with van der Waals surface area (Å²) in [6.07, 6.45) is 0.999. The first kappa shape index (κ1) is 15.3. The van der Waals surface area contributed by atoms with Gasteiger partial charge in [-0.2, -0.15) is 17.6 Å². The molecule has 3 aromatic rings. The Kier molecular flexibility index (Phi) is 4.16. The van der Waals surface area contributed by atoms with Gasteiger partial charge < -0.3 is 4.74 Å². The number of ether oxygens (including phenoxy) is 1. The van der Waals surface area contributed by atoms with Crippen LogP contribution >= 0.6 is 0 Å². The molecule has 1 atom stereocenters. The van der Waals surface area contributed by atoms with Gasteiger partial charge in [0.25, 0.3) is 10.0 Å². The van der Waals surface area contributed by atoms with Crippen LogP contribution in [0, 0.1) is 0 Å². The summed E-state index contributed by atoms with van der Waals surface area (Å²) in [4.78, 5) is 0.192. The highest BCUT2D eigenvalue weighted by Crippen LogP contribution is 2.24. The molecule has 3 rings (SSSR count). The largest absolute Gasteiger partial charge is 0.484 e. The quantitative estimate of drug-likeness (QED) is 0.721. The maximum atomic E-state index is 12.7. The van der Waals surface area contributed by atoms with Gasteiger partial charge in [-0.3, -0.25) is 0 Å². The summed E-state index contributed by atoms with van der Waals surface area (Å²) >= 11 is 0. The monoisotopic (exact) mass is 328 g/mol. The van der Waals surface area contributed by atoms with E-state index in [1.54, 1.807) is 43.3 Å². The lowest BCUT2D eigenvalue weighted by molar-refractivity contribution is 0.220. The lowest BCUT2D eigenvalue weighted by Gasteiger charge is -2.16. The smallest absolute Gasteiger partial charge is 0.283 e. The van der Waals surface area contributed by atoms with E-state index >= 15 is 0 Å². The molecule has 0 saturated heterocycles. The predicted octanol–water partition coefficient (Wildman–Crippen LogP) is 3.26. The first-order valence-electron chi connectivity index (χ1n) is 7.15. The number of hydrogen-bond donors (Lipinski definition) is 0. The Morgan fingerprint density at radius 3 is 2.22 bits per heavy atom. The van der Waals surface area contributed by atoms with Gasteiger partial charge >= 0.3 is 0 Å². The molecule has 1 heterocycles. The third kappa shape index (κ3) is 3.12. The molecule has 0 bridgehead atoms. The summed E-state index contributed by atoms with van der Waals surface area (Å²) in [5.41, 5.74) is 0.470. The molecule has 1 aromatic heterocycles. The van der Waals surface area contributed by atoms with E-state index in [2.05, 4.69) is 5.10 Å². The van der Waals surface area contributed by atoms with Crippen molar-refractivity contribution < 1.29 is 13.2 Å².